The van der Waals surface area contributed by atoms with Gasteiger partial charge in [-0.3, -0.25) is 0 Å². The first kappa shape index (κ1) is 5.98. The highest BCUT2D eigenvalue weighted by Gasteiger charge is 2.21. The molecule has 1 saturated heterocycles. The molecule has 0 spiro atoms. The normalized spacial score (nSPS) is 25.9. The topological polar surface area (TPSA) is 21.8 Å². The molecule has 48 valence electrons. The summed E-state index contributed by atoms with van der Waals surface area (Å²) >= 11 is 0. The van der Waals surface area contributed by atoms with Crippen LogP contribution in [0, 0.1) is 0 Å². The Hall–Kier alpha value is -0.150. The van der Waals surface area contributed by atoms with Crippen molar-refractivity contribution in [1.29, 1.82) is 0 Å². The van der Waals surface area contributed by atoms with Crippen molar-refractivity contribution in [2.24, 2.45) is 0 Å². The van der Waals surface area contributed by atoms with Gasteiger partial charge in [0.05, 0.1) is 19.8 Å². The van der Waals surface area contributed by atoms with E-state index in [4.69, 9.17) is 9.47 Å². The van der Waals surface area contributed by atoms with Gasteiger partial charge in [-0.25, -0.2) is 4.39 Å². The molecule has 0 saturated carbocycles. The van der Waals surface area contributed by atoms with Crippen molar-refractivity contribution in [2.75, 3.05) is 26.5 Å². The average Bonchev–Trinajstić information content (AvgIpc) is 2.51. The third kappa shape index (κ3) is 2.23. The number of hydrogen-bond donors (Lipinski definition) is 0. The highest BCUT2D eigenvalue weighted by atomic mass is 19.1. The van der Waals surface area contributed by atoms with Gasteiger partial charge in [-0.2, -0.15) is 0 Å². The molecule has 2 nitrogen and oxygen atoms in total. The van der Waals surface area contributed by atoms with Gasteiger partial charge in [0, 0.05) is 0 Å². The molecular formula is C5H9FO2. The van der Waals surface area contributed by atoms with Crippen molar-refractivity contribution < 1.29 is 13.9 Å². The Morgan fingerprint density at radius 3 is 3.00 bits per heavy atom. The minimum atomic E-state index is -0.396. The molecule has 1 heterocycles. The first-order chi connectivity index (χ1) is 3.93. The van der Waals surface area contributed by atoms with E-state index in [1.807, 2.05) is 0 Å². The van der Waals surface area contributed by atoms with E-state index in [9.17, 15) is 4.39 Å². The second-order valence-electron chi connectivity index (χ2n) is 1.72. The summed E-state index contributed by atoms with van der Waals surface area (Å²) in [4.78, 5) is 0. The van der Waals surface area contributed by atoms with Crippen molar-refractivity contribution >= 4 is 0 Å². The first-order valence-corrected chi connectivity index (χ1v) is 2.69. The molecule has 1 fully saturated rings. The third-order valence-electron chi connectivity index (χ3n) is 0.928. The number of alkyl halides is 1. The Morgan fingerprint density at radius 1 is 1.75 bits per heavy atom. The second-order valence-corrected chi connectivity index (χ2v) is 1.72. The number of ether oxygens (including phenoxy) is 2. The molecule has 8 heavy (non-hydrogen) atoms. The Bertz CT molecular complexity index is 63.4. The molecule has 0 aromatic rings. The Kier molecular flexibility index (Phi) is 2.24. The van der Waals surface area contributed by atoms with Crippen LogP contribution in [0.25, 0.3) is 0 Å². The molecule has 3 heteroatoms. The highest BCUT2D eigenvalue weighted by Crippen LogP contribution is 2.07. The van der Waals surface area contributed by atoms with Gasteiger partial charge in [0.25, 0.3) is 0 Å². The summed E-state index contributed by atoms with van der Waals surface area (Å²) < 4.78 is 20.9. The van der Waals surface area contributed by atoms with Crippen molar-refractivity contribution in [3.8, 4) is 0 Å². The molecule has 0 bridgehead atoms. The van der Waals surface area contributed by atoms with E-state index in [2.05, 4.69) is 0 Å². The van der Waals surface area contributed by atoms with Crippen LogP contribution in [0.5, 0.6) is 0 Å². The van der Waals surface area contributed by atoms with Gasteiger partial charge in [-0.15, -0.1) is 0 Å². The molecule has 1 rings (SSSR count). The van der Waals surface area contributed by atoms with E-state index >= 15 is 0 Å². The van der Waals surface area contributed by atoms with Crippen LogP contribution in [0.15, 0.2) is 0 Å². The predicted molar refractivity (Wildman–Crippen MR) is 26.5 cm³/mol. The van der Waals surface area contributed by atoms with E-state index in [1.54, 1.807) is 0 Å². The average molecular weight is 120 g/mol. The fraction of sp³-hybridized carbons (Fsp3) is 1.00. The molecule has 1 aliphatic rings. The lowest BCUT2D eigenvalue weighted by Crippen LogP contribution is -2.03. The monoisotopic (exact) mass is 120 g/mol. The summed E-state index contributed by atoms with van der Waals surface area (Å²) in [6.07, 6.45) is 0.265. The predicted octanol–water partition coefficient (Wildman–Crippen LogP) is 0.371. The molecule has 0 radical (unpaired) electrons. The summed E-state index contributed by atoms with van der Waals surface area (Å²) in [5.41, 5.74) is 0. The maximum absolute atomic E-state index is 11.3. The minimum absolute atomic E-state index is 0.208. The van der Waals surface area contributed by atoms with Crippen LogP contribution in [0.1, 0.15) is 0 Å². The maximum atomic E-state index is 11.3. The van der Waals surface area contributed by atoms with E-state index in [0.717, 1.165) is 6.61 Å². The molecular weight excluding hydrogens is 111 g/mol. The Balaban J connectivity index is 1.74. The Morgan fingerprint density at radius 2 is 2.50 bits per heavy atom. The zero-order valence-electron chi connectivity index (χ0n) is 4.60. The van der Waals surface area contributed by atoms with E-state index in [-0.39, 0.29) is 12.7 Å². The van der Waals surface area contributed by atoms with Crippen LogP contribution >= 0.6 is 0 Å². The van der Waals surface area contributed by atoms with Crippen molar-refractivity contribution in [1.82, 2.24) is 0 Å². The molecule has 1 aliphatic heterocycles. The second kappa shape index (κ2) is 2.99. The largest absolute Gasteiger partial charge is 0.376 e. The van der Waals surface area contributed by atoms with E-state index in [1.165, 1.54) is 0 Å². The fourth-order valence-corrected chi connectivity index (χ4v) is 0.434. The standard InChI is InChI=1S/C5H9FO2/c6-1-2-7-3-5-4-8-5/h5H,1-4H2/t5-/m0/s1. The van der Waals surface area contributed by atoms with Crippen LogP contribution in [-0.4, -0.2) is 32.6 Å². The van der Waals surface area contributed by atoms with Crippen molar-refractivity contribution in [3.05, 3.63) is 0 Å². The van der Waals surface area contributed by atoms with Gasteiger partial charge in [0.2, 0.25) is 0 Å². The molecule has 0 amide bonds. The summed E-state index contributed by atoms with van der Waals surface area (Å²) in [5.74, 6) is 0. The van der Waals surface area contributed by atoms with Crippen LogP contribution in [0.3, 0.4) is 0 Å². The summed E-state index contributed by atoms with van der Waals surface area (Å²) in [7, 11) is 0. The van der Waals surface area contributed by atoms with Gasteiger partial charge in [0.15, 0.2) is 0 Å². The molecule has 0 unspecified atom stereocenters. The van der Waals surface area contributed by atoms with Gasteiger partial charge >= 0.3 is 0 Å². The quantitative estimate of drug-likeness (QED) is 0.395. The highest BCUT2D eigenvalue weighted by molar-refractivity contribution is 4.66. The minimum Gasteiger partial charge on any atom is -0.376 e. The Labute approximate surface area is 47.6 Å². The smallest absolute Gasteiger partial charge is 0.113 e. The zero-order valence-corrected chi connectivity index (χ0v) is 4.60. The summed E-state index contributed by atoms with van der Waals surface area (Å²) in [6, 6.07) is 0. The third-order valence-corrected chi connectivity index (χ3v) is 0.928. The first-order valence-electron chi connectivity index (χ1n) is 2.69. The number of rotatable bonds is 4. The van der Waals surface area contributed by atoms with Gasteiger partial charge in [0.1, 0.15) is 12.8 Å². The molecule has 0 N–H and O–H groups in total. The zero-order chi connectivity index (χ0) is 5.82. The van der Waals surface area contributed by atoms with Crippen LogP contribution in [-0.2, 0) is 9.47 Å². The van der Waals surface area contributed by atoms with E-state index < -0.39 is 6.67 Å². The molecule has 0 aromatic carbocycles. The lowest BCUT2D eigenvalue weighted by molar-refractivity contribution is 0.104. The summed E-state index contributed by atoms with van der Waals surface area (Å²) in [6.45, 7) is 1.16. The van der Waals surface area contributed by atoms with Crippen LogP contribution in [0.2, 0.25) is 0 Å². The van der Waals surface area contributed by atoms with Crippen molar-refractivity contribution in [3.63, 3.8) is 0 Å². The van der Waals surface area contributed by atoms with Gasteiger partial charge < -0.3 is 9.47 Å². The van der Waals surface area contributed by atoms with Crippen LogP contribution < -0.4 is 0 Å². The van der Waals surface area contributed by atoms with Gasteiger partial charge in [-0.1, -0.05) is 0 Å². The fourth-order valence-electron chi connectivity index (χ4n) is 0.434. The van der Waals surface area contributed by atoms with Gasteiger partial charge in [-0.05, 0) is 0 Å². The van der Waals surface area contributed by atoms with E-state index in [0.29, 0.717) is 6.61 Å². The maximum Gasteiger partial charge on any atom is 0.113 e. The molecule has 0 aliphatic carbocycles. The number of halogens is 1. The molecule has 0 aromatic heterocycles. The number of hydrogen-bond acceptors (Lipinski definition) is 2. The number of epoxide rings is 1. The SMILES string of the molecule is FCCOC[C@H]1CO1. The summed E-state index contributed by atoms with van der Waals surface area (Å²) in [5, 5.41) is 0. The molecule has 1 atom stereocenters. The lowest BCUT2D eigenvalue weighted by atomic mass is 10.5. The van der Waals surface area contributed by atoms with Crippen molar-refractivity contribution in [2.45, 2.75) is 6.10 Å². The lowest BCUT2D eigenvalue weighted by Gasteiger charge is -1.93. The van der Waals surface area contributed by atoms with Crippen LogP contribution in [0.4, 0.5) is 4.39 Å².